The van der Waals surface area contributed by atoms with Crippen molar-refractivity contribution in [1.82, 2.24) is 4.90 Å². The molecule has 0 amide bonds. The number of piperidine rings is 1. The number of rotatable bonds is 4. The Morgan fingerprint density at radius 3 is 2.37 bits per heavy atom. The summed E-state index contributed by atoms with van der Waals surface area (Å²) in [5.74, 6) is 1.20. The zero-order valence-corrected chi connectivity index (χ0v) is 13.6. The lowest BCUT2D eigenvalue weighted by molar-refractivity contribution is -0.135. The largest absolute Gasteiger partial charge is 0.389 e. The Balaban J connectivity index is 0.00000324. The quantitative estimate of drug-likeness (QED) is 0.344. The molecule has 0 unspecified atom stereocenters. The number of aliphatic imine (C=N–C) groups is 1. The summed E-state index contributed by atoms with van der Waals surface area (Å²) >= 11 is 0. The third-order valence-electron chi connectivity index (χ3n) is 3.25. The molecule has 114 valence electrons. The molecule has 0 spiro atoms. The maximum absolute atomic E-state index is 11.9. The number of unbranched alkanes of at least 4 members (excludes halogenated alkanes) is 1. The first-order valence-electron chi connectivity index (χ1n) is 6.50. The zero-order chi connectivity index (χ0) is 13.6. The lowest BCUT2D eigenvalue weighted by atomic mass is 10.00. The minimum atomic E-state index is -4.06. The van der Waals surface area contributed by atoms with Gasteiger partial charge in [0.2, 0.25) is 0 Å². The van der Waals surface area contributed by atoms with E-state index in [-0.39, 0.29) is 30.4 Å². The highest BCUT2D eigenvalue weighted by molar-refractivity contribution is 14.0. The molecule has 1 heterocycles. The van der Waals surface area contributed by atoms with E-state index in [0.29, 0.717) is 18.9 Å². The Morgan fingerprint density at radius 1 is 1.26 bits per heavy atom. The fourth-order valence-electron chi connectivity index (χ4n) is 1.97. The second-order valence-electron chi connectivity index (χ2n) is 4.98. The summed E-state index contributed by atoms with van der Waals surface area (Å²) in [4.78, 5) is 6.16. The molecule has 0 atom stereocenters. The first-order valence-corrected chi connectivity index (χ1v) is 6.50. The first-order chi connectivity index (χ1) is 8.38. The molecule has 0 aliphatic carbocycles. The lowest BCUT2D eigenvalue weighted by Gasteiger charge is -2.31. The van der Waals surface area contributed by atoms with Gasteiger partial charge < -0.3 is 10.6 Å². The van der Waals surface area contributed by atoms with Crippen LogP contribution >= 0.6 is 24.0 Å². The molecule has 0 radical (unpaired) electrons. The Labute approximate surface area is 129 Å². The van der Waals surface area contributed by atoms with Gasteiger partial charge in [0, 0.05) is 26.1 Å². The van der Waals surface area contributed by atoms with Crippen molar-refractivity contribution < 1.29 is 13.2 Å². The van der Waals surface area contributed by atoms with Crippen LogP contribution in [-0.2, 0) is 0 Å². The van der Waals surface area contributed by atoms with Gasteiger partial charge in [0.1, 0.15) is 0 Å². The maximum Gasteiger partial charge on any atom is 0.389 e. The predicted octanol–water partition coefficient (Wildman–Crippen LogP) is 3.38. The van der Waals surface area contributed by atoms with E-state index in [1.807, 2.05) is 4.90 Å². The van der Waals surface area contributed by atoms with Gasteiger partial charge in [-0.15, -0.1) is 24.0 Å². The van der Waals surface area contributed by atoms with Crippen molar-refractivity contribution in [3.05, 3.63) is 0 Å². The van der Waals surface area contributed by atoms with Crippen molar-refractivity contribution in [2.45, 2.75) is 45.2 Å². The van der Waals surface area contributed by atoms with Crippen LogP contribution in [0.4, 0.5) is 13.2 Å². The molecular weight excluding hydrogens is 370 g/mol. The summed E-state index contributed by atoms with van der Waals surface area (Å²) < 4.78 is 35.7. The van der Waals surface area contributed by atoms with E-state index in [9.17, 15) is 13.2 Å². The highest BCUT2D eigenvalue weighted by Crippen LogP contribution is 2.22. The molecule has 0 bridgehead atoms. The molecule has 0 aromatic heterocycles. The minimum absolute atomic E-state index is 0. The van der Waals surface area contributed by atoms with Crippen LogP contribution < -0.4 is 5.73 Å². The van der Waals surface area contributed by atoms with E-state index in [0.717, 1.165) is 31.8 Å². The SMILES string of the molecule is CC1CCN(C(N)=NCCCCC(F)(F)F)CC1.I. The number of hydrogen-bond acceptors (Lipinski definition) is 1. The van der Waals surface area contributed by atoms with Gasteiger partial charge in [0.15, 0.2) is 5.96 Å². The summed E-state index contributed by atoms with van der Waals surface area (Å²) in [6.45, 7) is 4.40. The van der Waals surface area contributed by atoms with Gasteiger partial charge in [-0.05, 0) is 31.6 Å². The molecule has 0 saturated carbocycles. The molecule has 0 aromatic rings. The molecule has 2 N–H and O–H groups in total. The third-order valence-corrected chi connectivity index (χ3v) is 3.25. The number of nitrogens with two attached hydrogens (primary N) is 1. The summed E-state index contributed by atoms with van der Waals surface area (Å²) in [6, 6.07) is 0. The van der Waals surface area contributed by atoms with Crippen LogP contribution in [-0.4, -0.2) is 36.7 Å². The van der Waals surface area contributed by atoms with Crippen molar-refractivity contribution >= 4 is 29.9 Å². The number of nitrogens with zero attached hydrogens (tertiary/aromatic N) is 2. The van der Waals surface area contributed by atoms with Crippen molar-refractivity contribution in [3.8, 4) is 0 Å². The van der Waals surface area contributed by atoms with E-state index >= 15 is 0 Å². The van der Waals surface area contributed by atoms with Crippen LogP contribution in [0.5, 0.6) is 0 Å². The van der Waals surface area contributed by atoms with Crippen LogP contribution in [0.25, 0.3) is 0 Å². The Morgan fingerprint density at radius 2 is 1.84 bits per heavy atom. The van der Waals surface area contributed by atoms with Gasteiger partial charge in [-0.2, -0.15) is 13.2 Å². The standard InChI is InChI=1S/C12H22F3N3.HI/c1-10-4-8-18(9-5-10)11(16)17-7-3-2-6-12(13,14)15;/h10H,2-9H2,1H3,(H2,16,17);1H. The van der Waals surface area contributed by atoms with E-state index in [1.54, 1.807) is 0 Å². The average molecular weight is 393 g/mol. The van der Waals surface area contributed by atoms with Gasteiger partial charge in [-0.25, -0.2) is 0 Å². The van der Waals surface area contributed by atoms with Gasteiger partial charge in [0.05, 0.1) is 0 Å². The predicted molar refractivity (Wildman–Crippen MR) is 81.8 cm³/mol. The van der Waals surface area contributed by atoms with Crippen LogP contribution in [0, 0.1) is 5.92 Å². The van der Waals surface area contributed by atoms with Crippen molar-refractivity contribution in [2.24, 2.45) is 16.6 Å². The summed E-state index contributed by atoms with van der Waals surface area (Å²) in [5.41, 5.74) is 5.82. The van der Waals surface area contributed by atoms with E-state index in [2.05, 4.69) is 11.9 Å². The molecule has 1 rings (SSSR count). The second kappa shape index (κ2) is 8.86. The molecular formula is C12H23F3IN3. The highest BCUT2D eigenvalue weighted by Gasteiger charge is 2.25. The first kappa shape index (κ1) is 18.8. The summed E-state index contributed by atoms with van der Waals surface area (Å²) in [7, 11) is 0. The van der Waals surface area contributed by atoms with Crippen LogP contribution in [0.3, 0.4) is 0 Å². The fourth-order valence-corrected chi connectivity index (χ4v) is 1.97. The van der Waals surface area contributed by atoms with Crippen molar-refractivity contribution in [1.29, 1.82) is 0 Å². The van der Waals surface area contributed by atoms with Crippen molar-refractivity contribution in [3.63, 3.8) is 0 Å². The molecule has 1 fully saturated rings. The van der Waals surface area contributed by atoms with Crippen molar-refractivity contribution in [2.75, 3.05) is 19.6 Å². The molecule has 3 nitrogen and oxygen atoms in total. The zero-order valence-electron chi connectivity index (χ0n) is 11.2. The number of likely N-dealkylation sites (tertiary alicyclic amines) is 1. The van der Waals surface area contributed by atoms with E-state index in [4.69, 9.17) is 5.73 Å². The average Bonchev–Trinajstić information content (AvgIpc) is 2.27. The highest BCUT2D eigenvalue weighted by atomic mass is 127. The Kier molecular flexibility index (Phi) is 8.76. The van der Waals surface area contributed by atoms with Gasteiger partial charge in [0.25, 0.3) is 0 Å². The van der Waals surface area contributed by atoms with E-state index in [1.165, 1.54) is 0 Å². The fraction of sp³-hybridized carbons (Fsp3) is 0.917. The van der Waals surface area contributed by atoms with Gasteiger partial charge in [-0.1, -0.05) is 6.92 Å². The number of guanidine groups is 1. The molecule has 19 heavy (non-hydrogen) atoms. The summed E-state index contributed by atoms with van der Waals surface area (Å²) in [5, 5.41) is 0. The van der Waals surface area contributed by atoms with Gasteiger partial charge in [-0.3, -0.25) is 4.99 Å². The number of hydrogen-bond donors (Lipinski definition) is 1. The normalized spacial score (nSPS) is 18.3. The van der Waals surface area contributed by atoms with Crippen LogP contribution in [0.15, 0.2) is 4.99 Å². The molecule has 1 aliphatic rings. The number of halogens is 4. The van der Waals surface area contributed by atoms with Crippen LogP contribution in [0.1, 0.15) is 39.0 Å². The van der Waals surface area contributed by atoms with Gasteiger partial charge >= 0.3 is 6.18 Å². The number of alkyl halides is 3. The Bertz CT molecular complexity index is 274. The third kappa shape index (κ3) is 8.54. The molecule has 1 aliphatic heterocycles. The molecule has 7 heteroatoms. The minimum Gasteiger partial charge on any atom is -0.370 e. The monoisotopic (exact) mass is 393 g/mol. The lowest BCUT2D eigenvalue weighted by Crippen LogP contribution is -2.42. The summed E-state index contributed by atoms with van der Waals surface area (Å²) in [6.07, 6.45) is -2.03. The molecule has 0 aromatic carbocycles. The topological polar surface area (TPSA) is 41.6 Å². The maximum atomic E-state index is 11.9. The van der Waals surface area contributed by atoms with Crippen LogP contribution in [0.2, 0.25) is 0 Å². The smallest absolute Gasteiger partial charge is 0.370 e. The Hall–Kier alpha value is -0.210. The van der Waals surface area contributed by atoms with E-state index < -0.39 is 12.6 Å². The second-order valence-corrected chi connectivity index (χ2v) is 4.98. The molecule has 1 saturated heterocycles.